The van der Waals surface area contributed by atoms with Gasteiger partial charge in [-0.15, -0.1) is 0 Å². The number of carboxylic acid groups (broad SMARTS) is 1. The largest absolute Gasteiger partial charge is 0.470 e. The molecule has 0 aliphatic carbocycles. The van der Waals surface area contributed by atoms with E-state index < -0.39 is 28.2 Å². The number of sulfonamides is 1. The number of pyridine rings is 2. The summed E-state index contributed by atoms with van der Waals surface area (Å²) in [5.41, 5.74) is 1.17. The third-order valence-electron chi connectivity index (χ3n) is 4.88. The second-order valence-corrected chi connectivity index (χ2v) is 9.38. The molecular formula is C23H18ClFN4O5S. The molecule has 3 N–H and O–H groups in total. The number of fused-ring (bicyclic) bond motifs is 1. The highest BCUT2D eigenvalue weighted by molar-refractivity contribution is 7.92. The first kappa shape index (κ1) is 24.2. The summed E-state index contributed by atoms with van der Waals surface area (Å²) >= 11 is 6.57. The zero-order chi connectivity index (χ0) is 25.2. The summed E-state index contributed by atoms with van der Waals surface area (Å²) in [4.78, 5) is 19.4. The molecule has 0 aliphatic rings. The van der Waals surface area contributed by atoms with E-state index in [2.05, 4.69) is 20.0 Å². The first-order valence-electron chi connectivity index (χ1n) is 10.1. The number of amides is 1. The van der Waals surface area contributed by atoms with Gasteiger partial charge in [-0.1, -0.05) is 11.6 Å². The van der Waals surface area contributed by atoms with Crippen LogP contribution in [0.2, 0.25) is 5.02 Å². The molecular weight excluding hydrogens is 499 g/mol. The highest BCUT2D eigenvalue weighted by atomic mass is 35.5. The Morgan fingerprint density at radius 2 is 1.83 bits per heavy atom. The lowest BCUT2D eigenvalue weighted by Gasteiger charge is -2.19. The lowest BCUT2D eigenvalue weighted by Crippen LogP contribution is -2.35. The Morgan fingerprint density at radius 1 is 1.09 bits per heavy atom. The topological polar surface area (TPSA) is 131 Å². The van der Waals surface area contributed by atoms with Crippen LogP contribution >= 0.6 is 11.6 Å². The first-order chi connectivity index (χ1) is 16.7. The maximum atomic E-state index is 13.3. The highest BCUT2D eigenvalue weighted by Gasteiger charge is 2.22. The number of halogens is 2. The van der Waals surface area contributed by atoms with E-state index in [1.54, 1.807) is 30.3 Å². The van der Waals surface area contributed by atoms with Gasteiger partial charge in [0.1, 0.15) is 17.4 Å². The Labute approximate surface area is 204 Å². The summed E-state index contributed by atoms with van der Waals surface area (Å²) in [5.74, 6) is -0.334. The molecule has 1 atom stereocenters. The standard InChI is InChI=1S/C23H18ClFN4O5S/c1-13(28-23(30)31)34-19-10-12-26-18-9-8-17(24)20(21(18)19)16-3-2-11-27-22(16)29-35(32,33)15-6-4-14(25)5-7-15/h2-13,28H,1H3,(H,27,29)(H,30,31). The average Bonchev–Trinajstić information content (AvgIpc) is 2.79. The third-order valence-corrected chi connectivity index (χ3v) is 6.55. The minimum atomic E-state index is -4.11. The predicted octanol–water partition coefficient (Wildman–Crippen LogP) is 4.88. The quantitative estimate of drug-likeness (QED) is 0.298. The van der Waals surface area contributed by atoms with Crippen molar-refractivity contribution in [2.45, 2.75) is 18.0 Å². The summed E-state index contributed by atoms with van der Waals surface area (Å²) < 4.78 is 47.4. The number of ether oxygens (including phenoxy) is 1. The monoisotopic (exact) mass is 516 g/mol. The van der Waals surface area contributed by atoms with Crippen molar-refractivity contribution >= 4 is 44.4 Å². The van der Waals surface area contributed by atoms with E-state index in [-0.39, 0.29) is 21.5 Å². The van der Waals surface area contributed by atoms with Crippen LogP contribution < -0.4 is 14.8 Å². The van der Waals surface area contributed by atoms with Crippen molar-refractivity contribution in [3.63, 3.8) is 0 Å². The molecule has 2 aromatic heterocycles. The van der Waals surface area contributed by atoms with E-state index in [9.17, 15) is 17.6 Å². The first-order valence-corrected chi connectivity index (χ1v) is 12.0. The Hall–Kier alpha value is -3.96. The van der Waals surface area contributed by atoms with Crippen molar-refractivity contribution in [3.8, 4) is 16.9 Å². The van der Waals surface area contributed by atoms with Crippen LogP contribution in [0.4, 0.5) is 15.0 Å². The van der Waals surface area contributed by atoms with Crippen molar-refractivity contribution in [2.75, 3.05) is 4.72 Å². The van der Waals surface area contributed by atoms with Crippen molar-refractivity contribution < 1.29 is 27.4 Å². The predicted molar refractivity (Wildman–Crippen MR) is 128 cm³/mol. The molecule has 12 heteroatoms. The zero-order valence-corrected chi connectivity index (χ0v) is 19.6. The van der Waals surface area contributed by atoms with Crippen LogP contribution in [0.25, 0.3) is 22.0 Å². The molecule has 4 aromatic rings. The second-order valence-electron chi connectivity index (χ2n) is 7.29. The van der Waals surface area contributed by atoms with E-state index in [1.165, 1.54) is 19.3 Å². The molecule has 9 nitrogen and oxygen atoms in total. The Morgan fingerprint density at radius 3 is 2.54 bits per heavy atom. The SMILES string of the molecule is CC(NC(=O)O)Oc1ccnc2ccc(Cl)c(-c3cccnc3NS(=O)(=O)c3ccc(F)cc3)c12. The molecule has 1 amide bonds. The van der Waals surface area contributed by atoms with Crippen LogP contribution in [-0.2, 0) is 10.0 Å². The number of carbonyl (C=O) groups is 1. The van der Waals surface area contributed by atoms with Gasteiger partial charge in [-0.3, -0.25) is 15.0 Å². The molecule has 35 heavy (non-hydrogen) atoms. The van der Waals surface area contributed by atoms with Gasteiger partial charge in [0, 0.05) is 28.5 Å². The lowest BCUT2D eigenvalue weighted by molar-refractivity contribution is 0.149. The van der Waals surface area contributed by atoms with Gasteiger partial charge in [0.05, 0.1) is 15.8 Å². The summed E-state index contributed by atoms with van der Waals surface area (Å²) in [6, 6.07) is 12.4. The number of rotatable bonds is 7. The molecule has 0 saturated heterocycles. The van der Waals surface area contributed by atoms with Crippen LogP contribution in [0, 0.1) is 5.82 Å². The van der Waals surface area contributed by atoms with Gasteiger partial charge < -0.3 is 9.84 Å². The third kappa shape index (κ3) is 5.26. The number of anilines is 1. The van der Waals surface area contributed by atoms with Crippen LogP contribution in [0.1, 0.15) is 6.92 Å². The molecule has 0 saturated carbocycles. The van der Waals surface area contributed by atoms with E-state index in [0.717, 1.165) is 24.3 Å². The Bertz CT molecular complexity index is 1520. The minimum Gasteiger partial charge on any atom is -0.470 e. The molecule has 0 radical (unpaired) electrons. The van der Waals surface area contributed by atoms with Crippen molar-refractivity contribution in [1.82, 2.24) is 15.3 Å². The summed E-state index contributed by atoms with van der Waals surface area (Å²) in [6.45, 7) is 1.51. The maximum Gasteiger partial charge on any atom is 0.407 e. The lowest BCUT2D eigenvalue weighted by atomic mass is 10.0. The summed E-state index contributed by atoms with van der Waals surface area (Å²) in [7, 11) is -4.11. The van der Waals surface area contributed by atoms with Gasteiger partial charge in [-0.25, -0.2) is 22.6 Å². The fraction of sp³-hybridized carbons (Fsp3) is 0.0870. The van der Waals surface area contributed by atoms with Crippen LogP contribution in [0.3, 0.4) is 0 Å². The molecule has 0 bridgehead atoms. The van der Waals surface area contributed by atoms with Crippen LogP contribution in [0.15, 0.2) is 71.9 Å². The smallest absolute Gasteiger partial charge is 0.407 e. The fourth-order valence-electron chi connectivity index (χ4n) is 3.44. The highest BCUT2D eigenvalue weighted by Crippen LogP contribution is 2.42. The van der Waals surface area contributed by atoms with E-state index in [1.807, 2.05) is 0 Å². The van der Waals surface area contributed by atoms with Gasteiger partial charge in [-0.2, -0.15) is 0 Å². The molecule has 0 aliphatic heterocycles. The fourth-order valence-corrected chi connectivity index (χ4v) is 4.72. The molecule has 0 fully saturated rings. The van der Waals surface area contributed by atoms with E-state index >= 15 is 0 Å². The van der Waals surface area contributed by atoms with E-state index in [4.69, 9.17) is 21.4 Å². The van der Waals surface area contributed by atoms with Crippen molar-refractivity contribution in [2.24, 2.45) is 0 Å². The molecule has 2 heterocycles. The maximum absolute atomic E-state index is 13.3. The number of aromatic nitrogens is 2. The van der Waals surface area contributed by atoms with Gasteiger partial charge in [0.15, 0.2) is 6.23 Å². The molecule has 180 valence electrons. The number of benzene rings is 2. The zero-order valence-electron chi connectivity index (χ0n) is 18.1. The number of hydrogen-bond donors (Lipinski definition) is 3. The second kappa shape index (κ2) is 9.72. The van der Waals surface area contributed by atoms with Gasteiger partial charge >= 0.3 is 6.09 Å². The minimum absolute atomic E-state index is 0.0299. The van der Waals surface area contributed by atoms with E-state index in [0.29, 0.717) is 22.0 Å². The summed E-state index contributed by atoms with van der Waals surface area (Å²) in [6.07, 6.45) is 0.721. The van der Waals surface area contributed by atoms with Gasteiger partial charge in [-0.05, 0) is 61.5 Å². The van der Waals surface area contributed by atoms with Gasteiger partial charge in [0.25, 0.3) is 10.0 Å². The van der Waals surface area contributed by atoms with Crippen LogP contribution in [0.5, 0.6) is 5.75 Å². The normalized spacial score (nSPS) is 12.2. The molecule has 2 aromatic carbocycles. The number of nitrogens with one attached hydrogen (secondary N) is 2. The molecule has 4 rings (SSSR count). The van der Waals surface area contributed by atoms with Crippen molar-refractivity contribution in [1.29, 1.82) is 0 Å². The van der Waals surface area contributed by atoms with Crippen LogP contribution in [-0.4, -0.2) is 35.8 Å². The average molecular weight is 517 g/mol. The Kier molecular flexibility index (Phi) is 6.72. The van der Waals surface area contributed by atoms with Crippen molar-refractivity contribution in [3.05, 3.63) is 77.8 Å². The molecule has 1 unspecified atom stereocenters. The Balaban J connectivity index is 1.85. The number of hydrogen-bond acceptors (Lipinski definition) is 6. The summed E-state index contributed by atoms with van der Waals surface area (Å²) in [5, 5.41) is 11.9. The number of nitrogens with zero attached hydrogens (tertiary/aromatic N) is 2. The molecule has 0 spiro atoms. The van der Waals surface area contributed by atoms with Gasteiger partial charge in [0.2, 0.25) is 0 Å².